The fraction of sp³-hybridized carbons (Fsp3) is 0.688. The minimum absolute atomic E-state index is 0.472. The summed E-state index contributed by atoms with van der Waals surface area (Å²) in [6, 6.07) is 0. The third-order valence-corrected chi connectivity index (χ3v) is 6.04. The molecule has 0 spiro atoms. The fourth-order valence-electron chi connectivity index (χ4n) is 3.37. The van der Waals surface area contributed by atoms with Gasteiger partial charge in [0.05, 0.1) is 0 Å². The van der Waals surface area contributed by atoms with E-state index in [1.165, 1.54) is 6.26 Å². The summed E-state index contributed by atoms with van der Waals surface area (Å²) in [5.74, 6) is 1.42. The van der Waals surface area contributed by atoms with Gasteiger partial charge in [0.2, 0.25) is 5.62 Å². The first-order valence-corrected chi connectivity index (χ1v) is 10.3. The molecule has 2 heterocycles. The van der Waals surface area contributed by atoms with Crippen molar-refractivity contribution in [1.82, 2.24) is 14.0 Å². The summed E-state index contributed by atoms with van der Waals surface area (Å²) in [6.45, 7) is 7.07. The van der Waals surface area contributed by atoms with Gasteiger partial charge >= 0.3 is 0 Å². The summed E-state index contributed by atoms with van der Waals surface area (Å²) in [6.07, 6.45) is 4.23. The molecule has 25 heavy (non-hydrogen) atoms. The van der Waals surface area contributed by atoms with Crippen LogP contribution in [-0.2, 0) is 16.3 Å². The van der Waals surface area contributed by atoms with Crippen molar-refractivity contribution in [2.45, 2.75) is 26.2 Å². The molecule has 0 radical (unpaired) electrons. The number of hydrogen-bond donors (Lipinski definition) is 1. The molecule has 8 nitrogen and oxygen atoms in total. The number of piperidine rings is 1. The number of aromatic nitrogens is 2. The van der Waals surface area contributed by atoms with E-state index in [4.69, 9.17) is 4.78 Å². The summed E-state index contributed by atoms with van der Waals surface area (Å²) in [7, 11) is 3.06. The molecule has 1 atom stereocenters. The van der Waals surface area contributed by atoms with Crippen molar-refractivity contribution in [2.24, 2.45) is 16.0 Å². The number of aryl methyl sites for hydroxylation is 1. The highest BCUT2D eigenvalue weighted by atomic mass is 32.2. The van der Waals surface area contributed by atoms with E-state index in [1.54, 1.807) is 16.0 Å². The summed E-state index contributed by atoms with van der Waals surface area (Å²) < 4.78 is 23.1. The Bertz CT molecular complexity index is 803. The van der Waals surface area contributed by atoms with Crippen LogP contribution in [0.1, 0.15) is 24.1 Å². The van der Waals surface area contributed by atoms with Crippen LogP contribution < -0.4 is 10.5 Å². The predicted octanol–water partition coefficient (Wildman–Crippen LogP) is 1.10. The van der Waals surface area contributed by atoms with E-state index in [9.17, 15) is 4.21 Å². The number of nitrogens with one attached hydrogen (secondary N) is 1. The van der Waals surface area contributed by atoms with Crippen molar-refractivity contribution in [3.8, 4) is 0 Å². The molecule has 1 saturated heterocycles. The molecule has 1 aliphatic rings. The number of nitrogens with zero attached hydrogens (tertiary/aromatic N) is 6. The number of hydrogen-bond acceptors (Lipinski definition) is 6. The monoisotopic (exact) mass is 367 g/mol. The van der Waals surface area contributed by atoms with E-state index in [2.05, 4.69) is 21.8 Å². The smallest absolute Gasteiger partial charge is 0.247 e. The van der Waals surface area contributed by atoms with E-state index >= 15 is 0 Å². The van der Waals surface area contributed by atoms with Gasteiger partial charge in [-0.25, -0.2) is 18.3 Å². The zero-order valence-corrected chi connectivity index (χ0v) is 16.6. The van der Waals surface area contributed by atoms with Gasteiger partial charge < -0.3 is 4.90 Å². The lowest BCUT2D eigenvalue weighted by Crippen LogP contribution is -2.38. The number of anilines is 1. The largest absolute Gasteiger partial charge is 0.362 e. The third kappa shape index (κ3) is 4.27. The Labute approximate surface area is 150 Å². The molecule has 140 valence electrons. The van der Waals surface area contributed by atoms with Gasteiger partial charge in [0.1, 0.15) is 15.7 Å². The molecule has 0 aromatic carbocycles. The molecule has 1 unspecified atom stereocenters. The van der Waals surface area contributed by atoms with Crippen molar-refractivity contribution >= 4 is 22.5 Å². The SMILES string of the molecule is C=Nn1c(N(C)C)c(CC2CCN(S(C)(=N)=O)CC2)c(C)nc1=NC. The zero-order chi connectivity index (χ0) is 18.8. The van der Waals surface area contributed by atoms with Crippen LogP contribution in [0.2, 0.25) is 0 Å². The van der Waals surface area contributed by atoms with Crippen molar-refractivity contribution in [1.29, 1.82) is 4.78 Å². The molecule has 0 aliphatic carbocycles. The van der Waals surface area contributed by atoms with Gasteiger partial charge in [-0.2, -0.15) is 9.78 Å². The lowest BCUT2D eigenvalue weighted by Gasteiger charge is -2.32. The standard InChI is InChI=1S/C16H29N7OS/c1-12-14(11-13-7-9-22(10-8-13)25(6,17)24)15(21(4)5)23(19-3)16(18-2)20-12/h13,17H,3,7-11H2,1-2,4-6H3. The third-order valence-electron chi connectivity index (χ3n) is 4.69. The second-order valence-corrected chi connectivity index (χ2v) is 8.87. The minimum Gasteiger partial charge on any atom is -0.362 e. The van der Waals surface area contributed by atoms with Crippen molar-refractivity contribution in [3.63, 3.8) is 0 Å². The van der Waals surface area contributed by atoms with E-state index in [0.717, 1.165) is 36.3 Å². The lowest BCUT2D eigenvalue weighted by atomic mass is 9.90. The second-order valence-electron chi connectivity index (χ2n) is 6.75. The Morgan fingerprint density at radius 3 is 2.44 bits per heavy atom. The number of rotatable bonds is 5. The molecule has 1 fully saturated rings. The van der Waals surface area contributed by atoms with Crippen LogP contribution in [0.4, 0.5) is 5.82 Å². The van der Waals surface area contributed by atoms with E-state index in [-0.39, 0.29) is 0 Å². The Morgan fingerprint density at radius 2 is 2.00 bits per heavy atom. The maximum absolute atomic E-state index is 11.9. The molecular weight excluding hydrogens is 338 g/mol. The van der Waals surface area contributed by atoms with E-state index < -0.39 is 9.92 Å². The second kappa shape index (κ2) is 7.65. The van der Waals surface area contributed by atoms with E-state index in [0.29, 0.717) is 24.6 Å². The molecule has 1 aromatic rings. The molecule has 0 saturated carbocycles. The summed E-state index contributed by atoms with van der Waals surface area (Å²) >= 11 is 0. The molecule has 0 amide bonds. The fourth-order valence-corrected chi connectivity index (χ4v) is 4.28. The van der Waals surface area contributed by atoms with E-state index in [1.807, 2.05) is 25.9 Å². The van der Waals surface area contributed by atoms with Crippen molar-refractivity contribution in [3.05, 3.63) is 16.9 Å². The molecule has 9 heteroatoms. The first-order valence-electron chi connectivity index (χ1n) is 8.37. The van der Waals surface area contributed by atoms with Gasteiger partial charge in [0.15, 0.2) is 0 Å². The summed E-state index contributed by atoms with van der Waals surface area (Å²) in [5, 5.41) is 4.10. The normalized spacial score (nSPS) is 19.6. The predicted molar refractivity (Wildman–Crippen MR) is 103 cm³/mol. The highest BCUT2D eigenvalue weighted by Crippen LogP contribution is 2.28. The molecule has 1 N–H and O–H groups in total. The topological polar surface area (TPSA) is 89.9 Å². The van der Waals surface area contributed by atoms with Crippen LogP contribution in [0.25, 0.3) is 0 Å². The Hall–Kier alpha value is -1.74. The van der Waals surface area contributed by atoms with Crippen LogP contribution in [0.15, 0.2) is 10.1 Å². The molecule has 2 rings (SSSR count). The van der Waals surface area contributed by atoms with Crippen LogP contribution in [0, 0.1) is 17.6 Å². The molecule has 0 bridgehead atoms. The molecule has 1 aliphatic heterocycles. The Morgan fingerprint density at radius 1 is 1.40 bits per heavy atom. The summed E-state index contributed by atoms with van der Waals surface area (Å²) in [4.78, 5) is 10.8. The average molecular weight is 368 g/mol. The van der Waals surface area contributed by atoms with Gasteiger partial charge in [-0.3, -0.25) is 4.99 Å². The van der Waals surface area contributed by atoms with Gasteiger partial charge in [-0.1, -0.05) is 0 Å². The first kappa shape index (κ1) is 19.6. The molecular formula is C16H29N7OS. The highest BCUT2D eigenvalue weighted by Gasteiger charge is 2.26. The Kier molecular flexibility index (Phi) is 5.99. The summed E-state index contributed by atoms with van der Waals surface area (Å²) in [5.41, 5.74) is 2.63. The van der Waals surface area contributed by atoms with Gasteiger partial charge in [-0.05, 0) is 32.1 Å². The van der Waals surface area contributed by atoms with Crippen molar-refractivity contribution < 1.29 is 4.21 Å². The van der Waals surface area contributed by atoms with Crippen LogP contribution in [0.3, 0.4) is 0 Å². The van der Waals surface area contributed by atoms with Gasteiger partial charge in [-0.15, -0.1) is 0 Å². The zero-order valence-electron chi connectivity index (χ0n) is 15.8. The van der Waals surface area contributed by atoms with Crippen LogP contribution in [0.5, 0.6) is 0 Å². The van der Waals surface area contributed by atoms with Gasteiger partial charge in [0.25, 0.3) is 0 Å². The average Bonchev–Trinajstić information content (AvgIpc) is 2.55. The molecule has 1 aromatic heterocycles. The van der Waals surface area contributed by atoms with Crippen LogP contribution in [-0.4, -0.2) is 65.4 Å². The maximum Gasteiger partial charge on any atom is 0.247 e. The lowest BCUT2D eigenvalue weighted by molar-refractivity contribution is 0.280. The quantitative estimate of drug-likeness (QED) is 0.790. The highest BCUT2D eigenvalue weighted by molar-refractivity contribution is 7.89. The Balaban J connectivity index is 2.33. The maximum atomic E-state index is 11.9. The van der Waals surface area contributed by atoms with Gasteiger partial charge in [0, 0.05) is 58.5 Å². The van der Waals surface area contributed by atoms with Crippen LogP contribution >= 0.6 is 0 Å². The minimum atomic E-state index is -2.60. The van der Waals surface area contributed by atoms with Crippen molar-refractivity contribution in [2.75, 3.05) is 45.4 Å². The first-order chi connectivity index (χ1) is 11.7.